The molecule has 3 atom stereocenters. The van der Waals surface area contributed by atoms with Crippen LogP contribution in [0.5, 0.6) is 0 Å². The highest BCUT2D eigenvalue weighted by atomic mass is 35.5. The molecule has 3 aromatic carbocycles. The van der Waals surface area contributed by atoms with E-state index in [2.05, 4.69) is 41.0 Å². The van der Waals surface area contributed by atoms with E-state index in [4.69, 9.17) is 11.6 Å². The molecule has 0 fully saturated rings. The van der Waals surface area contributed by atoms with E-state index in [9.17, 15) is 4.79 Å². The van der Waals surface area contributed by atoms with Gasteiger partial charge in [0.05, 0.1) is 6.04 Å². The number of rotatable bonds is 3. The van der Waals surface area contributed by atoms with Crippen LogP contribution < -0.4 is 10.6 Å². The van der Waals surface area contributed by atoms with Crippen LogP contribution in [-0.4, -0.2) is 5.91 Å². The summed E-state index contributed by atoms with van der Waals surface area (Å²) < 4.78 is 0. The minimum Gasteiger partial charge on any atom is -0.378 e. The molecule has 3 nitrogen and oxygen atoms in total. The summed E-state index contributed by atoms with van der Waals surface area (Å²) in [5.41, 5.74) is 5.03. The number of carbonyl (C=O) groups is 1. The Balaban J connectivity index is 1.45. The van der Waals surface area contributed by atoms with Crippen molar-refractivity contribution in [1.82, 2.24) is 0 Å². The summed E-state index contributed by atoms with van der Waals surface area (Å²) in [6.45, 7) is 0. The second-order valence-corrected chi connectivity index (χ2v) is 8.09. The Morgan fingerprint density at radius 1 is 1.00 bits per heavy atom. The molecule has 2 aliphatic rings. The van der Waals surface area contributed by atoms with Crippen LogP contribution in [0.15, 0.2) is 84.9 Å². The van der Waals surface area contributed by atoms with E-state index in [0.717, 1.165) is 22.8 Å². The zero-order chi connectivity index (χ0) is 19.8. The summed E-state index contributed by atoms with van der Waals surface area (Å²) in [6.07, 6.45) is 5.58. The molecule has 1 amide bonds. The first-order valence-corrected chi connectivity index (χ1v) is 10.3. The van der Waals surface area contributed by atoms with Crippen LogP contribution in [0.3, 0.4) is 0 Å². The minimum absolute atomic E-state index is 0.0929. The lowest BCUT2D eigenvalue weighted by molar-refractivity contribution is 0.102. The Labute approximate surface area is 175 Å². The number of amides is 1. The van der Waals surface area contributed by atoms with Gasteiger partial charge in [0, 0.05) is 27.9 Å². The number of benzene rings is 3. The maximum atomic E-state index is 12.5. The number of allylic oxidation sites excluding steroid dienone is 2. The van der Waals surface area contributed by atoms with Crippen LogP contribution >= 0.6 is 11.6 Å². The zero-order valence-corrected chi connectivity index (χ0v) is 16.6. The average Bonchev–Trinajstić information content (AvgIpc) is 3.24. The fraction of sp³-hybridized carbons (Fsp3) is 0.160. The third-order valence-electron chi connectivity index (χ3n) is 5.86. The first kappa shape index (κ1) is 18.0. The van der Waals surface area contributed by atoms with Crippen molar-refractivity contribution in [2.45, 2.75) is 18.4 Å². The van der Waals surface area contributed by atoms with Crippen LogP contribution in [0.1, 0.15) is 39.9 Å². The van der Waals surface area contributed by atoms with Crippen LogP contribution in [-0.2, 0) is 0 Å². The molecule has 29 heavy (non-hydrogen) atoms. The Bertz CT molecular complexity index is 1090. The highest BCUT2D eigenvalue weighted by Gasteiger charge is 2.38. The van der Waals surface area contributed by atoms with E-state index in [1.807, 2.05) is 54.6 Å². The van der Waals surface area contributed by atoms with Gasteiger partial charge < -0.3 is 10.6 Å². The van der Waals surface area contributed by atoms with E-state index in [-0.39, 0.29) is 11.9 Å². The van der Waals surface area contributed by atoms with Gasteiger partial charge in [0.15, 0.2) is 0 Å². The Hall–Kier alpha value is -3.04. The van der Waals surface area contributed by atoms with E-state index < -0.39 is 0 Å². The maximum Gasteiger partial charge on any atom is 0.255 e. The fourth-order valence-electron chi connectivity index (χ4n) is 4.49. The molecule has 1 heterocycles. The van der Waals surface area contributed by atoms with Crippen molar-refractivity contribution in [1.29, 1.82) is 0 Å². The predicted octanol–water partition coefficient (Wildman–Crippen LogP) is 6.42. The van der Waals surface area contributed by atoms with E-state index in [1.54, 1.807) is 0 Å². The van der Waals surface area contributed by atoms with Gasteiger partial charge in [-0.05, 0) is 65.9 Å². The SMILES string of the molecule is O=C(Nc1ccc2c(c1)C1C=CCC1C(c1cccc(Cl)c1)N2)c1ccccc1. The number of hydrogen-bond donors (Lipinski definition) is 2. The van der Waals surface area contributed by atoms with Gasteiger partial charge in [-0.3, -0.25) is 4.79 Å². The third-order valence-corrected chi connectivity index (χ3v) is 6.10. The standard InChI is InChI=1S/C25H21ClN2O/c26-18-9-4-8-17(14-18)24-21-11-5-10-20(21)22-15-19(12-13-23(22)28-24)27-25(29)16-6-2-1-3-7-16/h1-10,12-15,20-21,24,28H,11H2,(H,27,29). The molecule has 0 aromatic heterocycles. The molecule has 0 bridgehead atoms. The molecule has 3 unspecified atom stereocenters. The van der Waals surface area contributed by atoms with Gasteiger partial charge in [-0.2, -0.15) is 0 Å². The molecule has 3 aromatic rings. The van der Waals surface area contributed by atoms with E-state index >= 15 is 0 Å². The van der Waals surface area contributed by atoms with Gasteiger partial charge in [-0.15, -0.1) is 0 Å². The maximum absolute atomic E-state index is 12.5. The van der Waals surface area contributed by atoms with Gasteiger partial charge in [-0.1, -0.05) is 54.1 Å². The molecule has 4 heteroatoms. The minimum atomic E-state index is -0.0929. The first-order chi connectivity index (χ1) is 14.2. The van der Waals surface area contributed by atoms with Gasteiger partial charge >= 0.3 is 0 Å². The summed E-state index contributed by atoms with van der Waals surface area (Å²) in [4.78, 5) is 12.5. The number of anilines is 2. The quantitative estimate of drug-likeness (QED) is 0.498. The lowest BCUT2D eigenvalue weighted by Crippen LogP contribution is -2.29. The largest absolute Gasteiger partial charge is 0.378 e. The first-order valence-electron chi connectivity index (χ1n) is 9.88. The van der Waals surface area contributed by atoms with Crippen LogP contribution in [0.25, 0.3) is 0 Å². The Morgan fingerprint density at radius 3 is 2.69 bits per heavy atom. The molecule has 2 N–H and O–H groups in total. The highest BCUT2D eigenvalue weighted by Crippen LogP contribution is 2.50. The predicted molar refractivity (Wildman–Crippen MR) is 119 cm³/mol. The summed E-state index contributed by atoms with van der Waals surface area (Å²) in [5, 5.41) is 7.50. The van der Waals surface area contributed by atoms with Crippen molar-refractivity contribution >= 4 is 28.9 Å². The highest BCUT2D eigenvalue weighted by molar-refractivity contribution is 6.30. The number of fused-ring (bicyclic) bond motifs is 3. The second-order valence-electron chi connectivity index (χ2n) is 7.65. The Kier molecular flexibility index (Phi) is 4.61. The third kappa shape index (κ3) is 3.43. The topological polar surface area (TPSA) is 41.1 Å². The molecule has 5 rings (SSSR count). The smallest absolute Gasteiger partial charge is 0.255 e. The van der Waals surface area contributed by atoms with Crippen molar-refractivity contribution < 1.29 is 4.79 Å². The molecule has 0 radical (unpaired) electrons. The molecular formula is C25H21ClN2O. The van der Waals surface area contributed by atoms with E-state index in [1.165, 1.54) is 11.1 Å². The molecule has 1 aliphatic heterocycles. The van der Waals surface area contributed by atoms with Crippen molar-refractivity contribution in [3.05, 3.63) is 107 Å². The number of carbonyl (C=O) groups excluding carboxylic acids is 1. The number of halogens is 1. The number of nitrogens with one attached hydrogen (secondary N) is 2. The molecule has 1 aliphatic carbocycles. The van der Waals surface area contributed by atoms with Gasteiger partial charge in [-0.25, -0.2) is 0 Å². The van der Waals surface area contributed by atoms with Gasteiger partial charge in [0.2, 0.25) is 0 Å². The van der Waals surface area contributed by atoms with Crippen molar-refractivity contribution in [3.8, 4) is 0 Å². The summed E-state index contributed by atoms with van der Waals surface area (Å²) in [5.74, 6) is 0.662. The lowest BCUT2D eigenvalue weighted by Gasteiger charge is -2.37. The molecule has 0 saturated carbocycles. The average molecular weight is 401 g/mol. The van der Waals surface area contributed by atoms with Crippen molar-refractivity contribution in [2.24, 2.45) is 5.92 Å². The molecule has 0 spiro atoms. The van der Waals surface area contributed by atoms with Crippen LogP contribution in [0.4, 0.5) is 11.4 Å². The Morgan fingerprint density at radius 2 is 1.86 bits per heavy atom. The lowest BCUT2D eigenvalue weighted by atomic mass is 9.77. The zero-order valence-electron chi connectivity index (χ0n) is 15.8. The monoisotopic (exact) mass is 400 g/mol. The van der Waals surface area contributed by atoms with Crippen LogP contribution in [0, 0.1) is 5.92 Å². The second kappa shape index (κ2) is 7.41. The van der Waals surface area contributed by atoms with Crippen molar-refractivity contribution in [3.63, 3.8) is 0 Å². The molecular weight excluding hydrogens is 380 g/mol. The number of hydrogen-bond acceptors (Lipinski definition) is 2. The normalized spacial score (nSPS) is 21.8. The van der Waals surface area contributed by atoms with E-state index in [0.29, 0.717) is 17.4 Å². The van der Waals surface area contributed by atoms with Gasteiger partial charge in [0.1, 0.15) is 0 Å². The van der Waals surface area contributed by atoms with Crippen LogP contribution in [0.2, 0.25) is 5.02 Å². The summed E-state index contributed by atoms with van der Waals surface area (Å²) in [7, 11) is 0. The van der Waals surface area contributed by atoms with Crippen molar-refractivity contribution in [2.75, 3.05) is 10.6 Å². The van der Waals surface area contributed by atoms with Gasteiger partial charge in [0.25, 0.3) is 5.91 Å². The summed E-state index contributed by atoms with van der Waals surface area (Å²) >= 11 is 6.24. The molecule has 0 saturated heterocycles. The molecule has 144 valence electrons. The fourth-order valence-corrected chi connectivity index (χ4v) is 4.69. The summed E-state index contributed by atoms with van der Waals surface area (Å²) in [6, 6.07) is 23.7.